The smallest absolute Gasteiger partial charge is 0.411 e. The van der Waals surface area contributed by atoms with Crippen molar-refractivity contribution in [2.75, 3.05) is 0 Å². The molecule has 1 aliphatic heterocycles. The maximum absolute atomic E-state index is 12.5. The number of amides is 2. The largest absolute Gasteiger partial charge is 0.481 e. The van der Waals surface area contributed by atoms with Crippen molar-refractivity contribution in [1.29, 1.82) is 0 Å². The normalized spacial score (nSPS) is 22.7. The summed E-state index contributed by atoms with van der Waals surface area (Å²) in [6.45, 7) is 1.28. The number of carboxylic acid groups (broad SMARTS) is 1. The van der Waals surface area contributed by atoms with Crippen molar-refractivity contribution in [3.05, 3.63) is 47.1 Å². The van der Waals surface area contributed by atoms with E-state index in [9.17, 15) is 27.9 Å². The number of benzene rings is 1. The summed E-state index contributed by atoms with van der Waals surface area (Å²) in [5.41, 5.74) is 3.18. The third kappa shape index (κ3) is 3.31. The zero-order valence-electron chi connectivity index (χ0n) is 12.3. The zero-order chi connectivity index (χ0) is 18.1. The summed E-state index contributed by atoms with van der Waals surface area (Å²) in [5.74, 6) is -2.59. The second-order valence-corrected chi connectivity index (χ2v) is 5.55. The molecule has 0 saturated carbocycles. The van der Waals surface area contributed by atoms with Crippen molar-refractivity contribution in [1.82, 2.24) is 15.8 Å². The predicted molar refractivity (Wildman–Crippen MR) is 78.6 cm³/mol. The summed E-state index contributed by atoms with van der Waals surface area (Å²) >= 11 is 5.80. The molecule has 0 aromatic heterocycles. The highest BCUT2D eigenvalue weighted by atomic mass is 35.5. The summed E-state index contributed by atoms with van der Waals surface area (Å²) in [5, 5.41) is 9.73. The molecule has 0 spiro atoms. The molecule has 10 heteroatoms. The molecule has 2 unspecified atom stereocenters. The molecule has 6 nitrogen and oxygen atoms in total. The molecule has 1 aromatic carbocycles. The van der Waals surface area contributed by atoms with Gasteiger partial charge < -0.3 is 5.11 Å². The molecule has 1 aliphatic rings. The van der Waals surface area contributed by atoms with Crippen LogP contribution in [0, 0.1) is 5.92 Å². The first kappa shape index (κ1) is 18.1. The summed E-state index contributed by atoms with van der Waals surface area (Å²) in [6.07, 6.45) is -4.30. The van der Waals surface area contributed by atoms with Crippen molar-refractivity contribution in [3.63, 3.8) is 0 Å². The lowest BCUT2D eigenvalue weighted by molar-refractivity contribution is -0.146. The van der Waals surface area contributed by atoms with Gasteiger partial charge >= 0.3 is 18.2 Å². The minimum atomic E-state index is -4.67. The number of carbonyl (C=O) groups is 2. The van der Waals surface area contributed by atoms with E-state index in [0.29, 0.717) is 16.1 Å². The van der Waals surface area contributed by atoms with Crippen LogP contribution < -0.4 is 10.9 Å². The van der Waals surface area contributed by atoms with E-state index in [0.717, 1.165) is 0 Å². The number of urea groups is 1. The quantitative estimate of drug-likeness (QED) is 0.768. The third-order valence-corrected chi connectivity index (χ3v) is 3.90. The van der Waals surface area contributed by atoms with E-state index < -0.39 is 29.8 Å². The van der Waals surface area contributed by atoms with E-state index in [1.165, 1.54) is 31.2 Å². The summed E-state index contributed by atoms with van der Waals surface area (Å²) in [6, 6.07) is 4.85. The van der Waals surface area contributed by atoms with Crippen molar-refractivity contribution in [3.8, 4) is 0 Å². The number of nitrogens with one attached hydrogen (secondary N) is 2. The van der Waals surface area contributed by atoms with Gasteiger partial charge in [0.2, 0.25) is 0 Å². The molecule has 1 heterocycles. The van der Waals surface area contributed by atoms with Crippen LogP contribution in [0.5, 0.6) is 0 Å². The van der Waals surface area contributed by atoms with Crippen LogP contribution in [0.3, 0.4) is 0 Å². The second-order valence-electron chi connectivity index (χ2n) is 5.12. The highest BCUT2D eigenvalue weighted by Crippen LogP contribution is 2.37. The van der Waals surface area contributed by atoms with Gasteiger partial charge in [0.1, 0.15) is 0 Å². The van der Waals surface area contributed by atoms with Crippen LogP contribution in [0.1, 0.15) is 12.5 Å². The van der Waals surface area contributed by atoms with Crippen LogP contribution in [0.15, 0.2) is 36.5 Å². The predicted octanol–water partition coefficient (Wildman–Crippen LogP) is 2.82. The number of nitrogens with zero attached hydrogens (tertiary/aromatic N) is 1. The van der Waals surface area contributed by atoms with Gasteiger partial charge in [0, 0.05) is 17.3 Å². The number of hydrazine groups is 1. The number of rotatable bonds is 4. The molecule has 0 aliphatic carbocycles. The zero-order valence-corrected chi connectivity index (χ0v) is 13.0. The lowest BCUT2D eigenvalue weighted by Crippen LogP contribution is -2.55. The first-order valence-corrected chi connectivity index (χ1v) is 7.07. The number of aliphatic carboxylic acids is 1. The molecular formula is C14H13ClF3N3O3. The molecule has 3 N–H and O–H groups in total. The number of carboxylic acids is 1. The van der Waals surface area contributed by atoms with Crippen LogP contribution >= 0.6 is 11.6 Å². The van der Waals surface area contributed by atoms with Gasteiger partial charge in [-0.2, -0.15) is 13.2 Å². The summed E-state index contributed by atoms with van der Waals surface area (Å²) < 4.78 is 37.5. The van der Waals surface area contributed by atoms with Crippen LogP contribution in [0.4, 0.5) is 18.0 Å². The molecule has 130 valence electrons. The third-order valence-electron chi connectivity index (χ3n) is 3.65. The topological polar surface area (TPSA) is 81.7 Å². The standard InChI is InChI=1S/C14H13ClF3N3O3/c1-8(11(22)23)14(9-2-4-10(15)5-3-9)20-19-12(24)21(14)7-6-13(16,17)18/h2-8,20H,1H3,(H,19,24)(H,22,23). The molecule has 24 heavy (non-hydrogen) atoms. The van der Waals surface area contributed by atoms with Gasteiger partial charge in [-0.05, 0) is 24.6 Å². The molecule has 2 amide bonds. The Morgan fingerprint density at radius 2 is 1.96 bits per heavy atom. The lowest BCUT2D eigenvalue weighted by atomic mass is 9.86. The SMILES string of the molecule is CC(C(=O)O)C1(c2ccc(Cl)cc2)NNC(=O)N1C=CC(F)(F)F. The molecule has 0 radical (unpaired) electrons. The number of allylic oxidation sites excluding steroid dienone is 1. The lowest BCUT2D eigenvalue weighted by Gasteiger charge is -2.38. The maximum atomic E-state index is 12.5. The van der Waals surface area contributed by atoms with Crippen LogP contribution in [-0.2, 0) is 10.5 Å². The summed E-state index contributed by atoms with van der Waals surface area (Å²) in [4.78, 5) is 24.2. The minimum absolute atomic E-state index is 0.140. The highest BCUT2D eigenvalue weighted by Gasteiger charge is 2.53. The molecular weight excluding hydrogens is 351 g/mol. The average molecular weight is 364 g/mol. The molecule has 2 rings (SSSR count). The van der Waals surface area contributed by atoms with Gasteiger partial charge in [0.25, 0.3) is 0 Å². The number of hydrogen-bond donors (Lipinski definition) is 3. The van der Waals surface area contributed by atoms with Gasteiger partial charge in [-0.15, -0.1) is 0 Å². The number of halogens is 4. The molecule has 1 aromatic rings. The second kappa shape index (κ2) is 6.33. The van der Waals surface area contributed by atoms with Gasteiger partial charge in [0.05, 0.1) is 5.92 Å². The van der Waals surface area contributed by atoms with E-state index in [-0.39, 0.29) is 11.6 Å². The Bertz CT molecular complexity index is 678. The van der Waals surface area contributed by atoms with Crippen molar-refractivity contribution < 1.29 is 27.9 Å². The molecule has 2 atom stereocenters. The minimum Gasteiger partial charge on any atom is -0.481 e. The first-order chi connectivity index (χ1) is 11.1. The van der Waals surface area contributed by atoms with E-state index in [1.807, 2.05) is 0 Å². The Labute approximate surface area is 139 Å². The Morgan fingerprint density at radius 1 is 1.38 bits per heavy atom. The fourth-order valence-electron chi connectivity index (χ4n) is 2.43. The van der Waals surface area contributed by atoms with Gasteiger partial charge in [-0.1, -0.05) is 23.7 Å². The van der Waals surface area contributed by atoms with Crippen molar-refractivity contribution >= 4 is 23.6 Å². The van der Waals surface area contributed by atoms with Gasteiger partial charge in [-0.25, -0.2) is 10.2 Å². The van der Waals surface area contributed by atoms with E-state index >= 15 is 0 Å². The van der Waals surface area contributed by atoms with Crippen LogP contribution in [-0.4, -0.2) is 28.2 Å². The van der Waals surface area contributed by atoms with E-state index in [2.05, 4.69) is 10.9 Å². The number of carbonyl (C=O) groups excluding carboxylic acids is 1. The van der Waals surface area contributed by atoms with Gasteiger partial charge in [0.15, 0.2) is 5.66 Å². The fourth-order valence-corrected chi connectivity index (χ4v) is 2.56. The Balaban J connectivity index is 2.60. The highest BCUT2D eigenvalue weighted by molar-refractivity contribution is 6.30. The van der Waals surface area contributed by atoms with Crippen molar-refractivity contribution in [2.24, 2.45) is 5.92 Å². The van der Waals surface area contributed by atoms with Gasteiger partial charge in [-0.3, -0.25) is 15.1 Å². The van der Waals surface area contributed by atoms with Crippen LogP contribution in [0.25, 0.3) is 0 Å². The van der Waals surface area contributed by atoms with Crippen LogP contribution in [0.2, 0.25) is 5.02 Å². The number of alkyl halides is 3. The Morgan fingerprint density at radius 3 is 2.46 bits per heavy atom. The maximum Gasteiger partial charge on any atom is 0.411 e. The van der Waals surface area contributed by atoms with E-state index in [4.69, 9.17) is 11.6 Å². The molecule has 0 bridgehead atoms. The summed E-state index contributed by atoms with van der Waals surface area (Å²) in [7, 11) is 0. The first-order valence-electron chi connectivity index (χ1n) is 6.69. The molecule has 1 saturated heterocycles. The monoisotopic (exact) mass is 363 g/mol. The average Bonchev–Trinajstić information content (AvgIpc) is 2.82. The molecule has 1 fully saturated rings. The van der Waals surface area contributed by atoms with E-state index in [1.54, 1.807) is 0 Å². The van der Waals surface area contributed by atoms with Crippen molar-refractivity contribution in [2.45, 2.75) is 18.8 Å². The Hall–Kier alpha value is -2.26. The Kier molecular flexibility index (Phi) is 4.77. The number of hydrogen-bond acceptors (Lipinski definition) is 3. The fraction of sp³-hybridized carbons (Fsp3) is 0.286.